The van der Waals surface area contributed by atoms with Crippen molar-refractivity contribution in [2.24, 2.45) is 0 Å². The molecule has 1 N–H and O–H groups in total. The molecule has 0 spiro atoms. The Morgan fingerprint density at radius 2 is 1.93 bits per heavy atom. The second-order valence-electron chi connectivity index (χ2n) is 7.13. The van der Waals surface area contributed by atoms with E-state index in [9.17, 15) is 23.1 Å². The zero-order valence-electron chi connectivity index (χ0n) is 16.1. The number of benzene rings is 1. The number of nitrogens with zero attached hydrogens (tertiary/aromatic N) is 4. The van der Waals surface area contributed by atoms with E-state index in [0.717, 1.165) is 11.6 Å². The number of aromatic nitrogens is 3. The predicted molar refractivity (Wildman–Crippen MR) is 100 cm³/mol. The number of hydrogen-bond donors (Lipinski definition) is 1. The normalized spacial score (nSPS) is 14.0. The zero-order valence-corrected chi connectivity index (χ0v) is 16.1. The van der Waals surface area contributed by atoms with Crippen molar-refractivity contribution in [3.05, 3.63) is 58.0 Å². The first-order chi connectivity index (χ1) is 14.1. The Kier molecular flexibility index (Phi) is 4.71. The van der Waals surface area contributed by atoms with Gasteiger partial charge in [-0.1, -0.05) is 11.2 Å². The van der Waals surface area contributed by atoms with Crippen LogP contribution in [-0.2, 0) is 19.1 Å². The molecule has 0 aliphatic carbocycles. The first kappa shape index (κ1) is 19.9. The number of aryl methyl sites for hydroxylation is 1. The molecule has 1 aromatic carbocycles. The molecule has 0 unspecified atom stereocenters. The first-order valence-electron chi connectivity index (χ1n) is 9.13. The Labute approximate surface area is 169 Å². The van der Waals surface area contributed by atoms with Gasteiger partial charge < -0.3 is 14.5 Å². The Morgan fingerprint density at radius 1 is 1.17 bits per heavy atom. The second-order valence-corrected chi connectivity index (χ2v) is 7.13. The summed E-state index contributed by atoms with van der Waals surface area (Å²) in [5.74, 6) is -0.156. The van der Waals surface area contributed by atoms with Crippen LogP contribution in [0.15, 0.2) is 28.8 Å². The highest BCUT2D eigenvalue weighted by Crippen LogP contribution is 2.34. The van der Waals surface area contributed by atoms with Crippen LogP contribution in [0.25, 0.3) is 11.5 Å². The van der Waals surface area contributed by atoms with Gasteiger partial charge in [-0.05, 0) is 43.5 Å². The van der Waals surface area contributed by atoms with E-state index in [4.69, 9.17) is 4.52 Å². The Balaban J connectivity index is 1.74. The summed E-state index contributed by atoms with van der Waals surface area (Å²) in [5.41, 5.74) is 1.21. The van der Waals surface area contributed by atoms with Gasteiger partial charge in [0.05, 0.1) is 5.56 Å². The van der Waals surface area contributed by atoms with E-state index < -0.39 is 17.7 Å². The average Bonchev–Trinajstić information content (AvgIpc) is 3.12. The van der Waals surface area contributed by atoms with Crippen LogP contribution in [0.5, 0.6) is 0 Å². The molecule has 4 rings (SSSR count). The van der Waals surface area contributed by atoms with Crippen molar-refractivity contribution in [3.63, 3.8) is 0 Å². The van der Waals surface area contributed by atoms with E-state index in [2.05, 4.69) is 15.1 Å². The molecular weight excluding hydrogens is 401 g/mol. The largest absolute Gasteiger partial charge is 0.476 e. The van der Waals surface area contributed by atoms with E-state index in [-0.39, 0.29) is 11.5 Å². The molecule has 7 nitrogen and oxygen atoms in total. The number of carbonyl (C=O) groups is 1. The lowest BCUT2D eigenvalue weighted by Crippen LogP contribution is -2.32. The van der Waals surface area contributed by atoms with Crippen LogP contribution in [-0.4, -0.2) is 32.7 Å². The molecule has 0 bridgehead atoms. The summed E-state index contributed by atoms with van der Waals surface area (Å²) in [5, 5.41) is 13.4. The van der Waals surface area contributed by atoms with Crippen LogP contribution in [0.3, 0.4) is 0 Å². The van der Waals surface area contributed by atoms with E-state index in [1.807, 2.05) is 4.90 Å². The minimum atomic E-state index is -4.39. The van der Waals surface area contributed by atoms with Gasteiger partial charge in [-0.15, -0.1) is 0 Å². The molecule has 0 saturated heterocycles. The van der Waals surface area contributed by atoms with Gasteiger partial charge in [0, 0.05) is 24.7 Å². The van der Waals surface area contributed by atoms with Crippen molar-refractivity contribution < 1.29 is 27.6 Å². The SMILES string of the molecule is Cc1cc(-c2nc(C(=O)O)c(C)c(N3CCc4cc(C(F)(F)F)ccc4C3)n2)no1. The molecule has 1 aliphatic heterocycles. The van der Waals surface area contributed by atoms with Crippen LogP contribution < -0.4 is 4.90 Å². The molecule has 10 heteroatoms. The number of carboxylic acids is 1. The van der Waals surface area contributed by atoms with Crippen molar-refractivity contribution in [1.29, 1.82) is 0 Å². The summed E-state index contributed by atoms with van der Waals surface area (Å²) in [4.78, 5) is 22.2. The fourth-order valence-corrected chi connectivity index (χ4v) is 3.52. The lowest BCUT2D eigenvalue weighted by molar-refractivity contribution is -0.137. The maximum Gasteiger partial charge on any atom is 0.416 e. The van der Waals surface area contributed by atoms with Gasteiger partial charge in [0.25, 0.3) is 0 Å². The molecule has 156 valence electrons. The van der Waals surface area contributed by atoms with Crippen LogP contribution in [0.2, 0.25) is 0 Å². The minimum absolute atomic E-state index is 0.114. The summed E-state index contributed by atoms with van der Waals surface area (Å²) in [6.07, 6.45) is -4.01. The number of fused-ring (bicyclic) bond motifs is 1. The number of anilines is 1. The van der Waals surface area contributed by atoms with Gasteiger partial charge in [0.15, 0.2) is 17.2 Å². The fourth-order valence-electron chi connectivity index (χ4n) is 3.52. The quantitative estimate of drug-likeness (QED) is 0.687. The molecule has 0 fully saturated rings. The van der Waals surface area contributed by atoms with Crippen molar-refractivity contribution >= 4 is 11.8 Å². The maximum atomic E-state index is 13.0. The molecule has 0 atom stereocenters. The summed E-state index contributed by atoms with van der Waals surface area (Å²) < 4.78 is 44.0. The van der Waals surface area contributed by atoms with Gasteiger partial charge in [-0.25, -0.2) is 14.8 Å². The summed E-state index contributed by atoms with van der Waals surface area (Å²) in [6, 6.07) is 5.29. The average molecular weight is 418 g/mol. The molecule has 1 aliphatic rings. The number of alkyl halides is 3. The molecule has 2 aromatic heterocycles. The topological polar surface area (TPSA) is 92.3 Å². The monoisotopic (exact) mass is 418 g/mol. The lowest BCUT2D eigenvalue weighted by atomic mass is 9.96. The Morgan fingerprint density at radius 3 is 2.57 bits per heavy atom. The van der Waals surface area contributed by atoms with E-state index >= 15 is 0 Å². The van der Waals surface area contributed by atoms with Gasteiger partial charge in [0.2, 0.25) is 0 Å². The number of halogens is 3. The predicted octanol–water partition coefficient (Wildman–Crippen LogP) is 4.03. The Hall–Kier alpha value is -3.43. The number of carboxylic acid groups (broad SMARTS) is 1. The van der Waals surface area contributed by atoms with Gasteiger partial charge in [0.1, 0.15) is 11.6 Å². The fraction of sp³-hybridized carbons (Fsp3) is 0.300. The molecule has 3 heterocycles. The standard InChI is InChI=1S/C20H17F3N4O3/c1-10-7-15(26-30-10)17-24-16(19(28)29)11(2)18(25-17)27-6-5-12-8-14(20(21,22)23)4-3-13(12)9-27/h3-4,7-8H,5-6,9H2,1-2H3,(H,28,29). The number of rotatable bonds is 3. The third-order valence-corrected chi connectivity index (χ3v) is 5.03. The van der Waals surface area contributed by atoms with Gasteiger partial charge in [-0.3, -0.25) is 0 Å². The molecule has 0 saturated carbocycles. The summed E-state index contributed by atoms with van der Waals surface area (Å²) in [7, 11) is 0. The molecular formula is C20H17F3N4O3. The highest BCUT2D eigenvalue weighted by molar-refractivity contribution is 5.89. The van der Waals surface area contributed by atoms with Crippen LogP contribution in [0.4, 0.5) is 19.0 Å². The molecule has 0 radical (unpaired) electrons. The Bertz CT molecular complexity index is 1140. The van der Waals surface area contributed by atoms with E-state index in [0.29, 0.717) is 47.9 Å². The van der Waals surface area contributed by atoms with E-state index in [1.54, 1.807) is 19.9 Å². The number of aromatic carboxylic acids is 1. The zero-order chi connectivity index (χ0) is 21.6. The summed E-state index contributed by atoms with van der Waals surface area (Å²) in [6.45, 7) is 4.00. The smallest absolute Gasteiger partial charge is 0.416 e. The third kappa shape index (κ3) is 3.60. The van der Waals surface area contributed by atoms with Crippen molar-refractivity contribution in [3.8, 4) is 11.5 Å². The minimum Gasteiger partial charge on any atom is -0.476 e. The van der Waals surface area contributed by atoms with Crippen LogP contribution >= 0.6 is 0 Å². The van der Waals surface area contributed by atoms with E-state index in [1.165, 1.54) is 12.1 Å². The van der Waals surface area contributed by atoms with Crippen molar-refractivity contribution in [1.82, 2.24) is 15.1 Å². The third-order valence-electron chi connectivity index (χ3n) is 5.03. The highest BCUT2D eigenvalue weighted by atomic mass is 19.4. The maximum absolute atomic E-state index is 13.0. The first-order valence-corrected chi connectivity index (χ1v) is 9.13. The van der Waals surface area contributed by atoms with Crippen LogP contribution in [0.1, 0.15) is 38.5 Å². The van der Waals surface area contributed by atoms with Crippen molar-refractivity contribution in [2.75, 3.05) is 11.4 Å². The number of hydrogen-bond acceptors (Lipinski definition) is 6. The summed E-state index contributed by atoms with van der Waals surface area (Å²) >= 11 is 0. The highest BCUT2D eigenvalue weighted by Gasteiger charge is 2.32. The lowest BCUT2D eigenvalue weighted by Gasteiger charge is -2.31. The van der Waals surface area contributed by atoms with Gasteiger partial charge in [-0.2, -0.15) is 13.2 Å². The molecule has 30 heavy (non-hydrogen) atoms. The molecule has 3 aromatic rings. The molecule has 0 amide bonds. The second kappa shape index (κ2) is 7.12. The van der Waals surface area contributed by atoms with Crippen LogP contribution in [0, 0.1) is 13.8 Å². The van der Waals surface area contributed by atoms with Gasteiger partial charge >= 0.3 is 12.1 Å². The van der Waals surface area contributed by atoms with Crippen molar-refractivity contribution in [2.45, 2.75) is 33.0 Å².